The Hall–Kier alpha value is -1.98. The van der Waals surface area contributed by atoms with Crippen LogP contribution in [0.2, 0.25) is 0 Å². The number of benzene rings is 1. The van der Waals surface area contributed by atoms with Crippen molar-refractivity contribution in [2.75, 3.05) is 0 Å². The largest absolute Gasteiger partial charge is 0.481 e. The summed E-state index contributed by atoms with van der Waals surface area (Å²) in [5.74, 6) is -7.39. The molecule has 0 unspecified atom stereocenters. The number of rotatable bonds is 7. The number of aliphatic carboxylic acids is 2. The van der Waals surface area contributed by atoms with E-state index in [9.17, 15) is 18.4 Å². The fourth-order valence-electron chi connectivity index (χ4n) is 1.86. The first-order valence-corrected chi connectivity index (χ1v) is 6.20. The van der Waals surface area contributed by atoms with Crippen LogP contribution >= 0.6 is 0 Å². The molecule has 0 bridgehead atoms. The van der Waals surface area contributed by atoms with Crippen molar-refractivity contribution in [1.82, 2.24) is 0 Å². The average Bonchev–Trinajstić information content (AvgIpc) is 2.35. The maximum Gasteiger partial charge on any atom is 0.318 e. The number of carbonyl (C=O) groups is 2. The van der Waals surface area contributed by atoms with E-state index >= 15 is 0 Å². The van der Waals surface area contributed by atoms with E-state index in [0.717, 1.165) is 0 Å². The van der Waals surface area contributed by atoms with Gasteiger partial charge in [-0.05, 0) is 12.0 Å². The molecule has 0 heterocycles. The van der Waals surface area contributed by atoms with Gasteiger partial charge in [0.15, 0.2) is 5.92 Å². The van der Waals surface area contributed by atoms with Gasteiger partial charge in [-0.3, -0.25) is 9.59 Å². The first-order valence-electron chi connectivity index (χ1n) is 6.20. The molecule has 6 heteroatoms. The highest BCUT2D eigenvalue weighted by atomic mass is 19.3. The van der Waals surface area contributed by atoms with Crippen molar-refractivity contribution >= 4 is 11.9 Å². The van der Waals surface area contributed by atoms with Crippen molar-refractivity contribution in [3.8, 4) is 0 Å². The first kappa shape index (κ1) is 16.1. The molecule has 0 aliphatic rings. The molecule has 0 saturated carbocycles. The molecule has 20 heavy (non-hydrogen) atoms. The molecule has 110 valence electrons. The number of hydrogen-bond donors (Lipinski definition) is 2. The minimum absolute atomic E-state index is 0.148. The van der Waals surface area contributed by atoms with Crippen LogP contribution in [0.15, 0.2) is 24.3 Å². The summed E-state index contributed by atoms with van der Waals surface area (Å²) in [6.45, 7) is 1.66. The summed E-state index contributed by atoms with van der Waals surface area (Å²) in [6, 6.07) is 5.12. The number of halogens is 2. The van der Waals surface area contributed by atoms with Crippen LogP contribution in [-0.2, 0) is 21.9 Å². The average molecular weight is 286 g/mol. The molecule has 0 aliphatic carbocycles. The van der Waals surface area contributed by atoms with E-state index in [1.165, 1.54) is 24.3 Å². The van der Waals surface area contributed by atoms with Gasteiger partial charge in [0.05, 0.1) is 0 Å². The van der Waals surface area contributed by atoms with Crippen LogP contribution < -0.4 is 0 Å². The molecule has 0 spiro atoms. The van der Waals surface area contributed by atoms with Crippen LogP contribution in [0.5, 0.6) is 0 Å². The highest BCUT2D eigenvalue weighted by molar-refractivity contribution is 5.93. The lowest BCUT2D eigenvalue weighted by Crippen LogP contribution is -2.25. The van der Waals surface area contributed by atoms with E-state index in [1.54, 1.807) is 6.92 Å². The Bertz CT molecular complexity index is 468. The highest BCUT2D eigenvalue weighted by Gasteiger charge is 2.30. The molecule has 0 radical (unpaired) electrons. The minimum atomic E-state index is -2.92. The van der Waals surface area contributed by atoms with Crippen molar-refractivity contribution in [3.05, 3.63) is 35.4 Å². The van der Waals surface area contributed by atoms with Gasteiger partial charge in [0.2, 0.25) is 0 Å². The van der Waals surface area contributed by atoms with Gasteiger partial charge < -0.3 is 10.2 Å². The Morgan fingerprint density at radius 3 is 2.05 bits per heavy atom. The van der Waals surface area contributed by atoms with Gasteiger partial charge in [0.25, 0.3) is 5.92 Å². The second-order valence-electron chi connectivity index (χ2n) is 4.58. The minimum Gasteiger partial charge on any atom is -0.481 e. The van der Waals surface area contributed by atoms with Gasteiger partial charge >= 0.3 is 11.9 Å². The Labute approximate surface area is 115 Å². The SMILES string of the molecule is CCCC(F)(F)c1ccc(CC(C(=O)O)C(=O)O)cc1. The maximum atomic E-state index is 13.6. The summed E-state index contributed by atoms with van der Waals surface area (Å²) in [5, 5.41) is 17.5. The lowest BCUT2D eigenvalue weighted by molar-refractivity contribution is -0.154. The van der Waals surface area contributed by atoms with Crippen molar-refractivity contribution in [3.63, 3.8) is 0 Å². The Morgan fingerprint density at radius 1 is 1.15 bits per heavy atom. The Balaban J connectivity index is 2.86. The molecule has 1 rings (SSSR count). The van der Waals surface area contributed by atoms with Crippen molar-refractivity contribution in [2.45, 2.75) is 32.1 Å². The molecular weight excluding hydrogens is 270 g/mol. The van der Waals surface area contributed by atoms with E-state index in [-0.39, 0.29) is 18.4 Å². The standard InChI is InChI=1S/C14H16F2O4/c1-2-7-14(15,16)10-5-3-9(4-6-10)8-11(12(17)18)13(19)20/h3-6,11H,2,7-8H2,1H3,(H,17,18)(H,19,20). The predicted molar refractivity (Wildman–Crippen MR) is 67.7 cm³/mol. The molecule has 1 aromatic rings. The Kier molecular flexibility index (Phi) is 5.19. The van der Waals surface area contributed by atoms with Crippen molar-refractivity contribution in [2.24, 2.45) is 5.92 Å². The monoisotopic (exact) mass is 286 g/mol. The molecule has 0 saturated heterocycles. The van der Waals surface area contributed by atoms with E-state index in [2.05, 4.69) is 0 Å². The normalized spacial score (nSPS) is 11.6. The van der Waals surface area contributed by atoms with Crippen molar-refractivity contribution in [1.29, 1.82) is 0 Å². The summed E-state index contributed by atoms with van der Waals surface area (Å²) in [7, 11) is 0. The van der Waals surface area contributed by atoms with Crippen LogP contribution in [0.25, 0.3) is 0 Å². The molecular formula is C14H16F2O4. The fourth-order valence-corrected chi connectivity index (χ4v) is 1.86. The summed E-state index contributed by atoms with van der Waals surface area (Å²) >= 11 is 0. The van der Waals surface area contributed by atoms with Gasteiger partial charge in [-0.25, -0.2) is 8.78 Å². The van der Waals surface area contributed by atoms with Gasteiger partial charge in [0.1, 0.15) is 0 Å². The summed E-state index contributed by atoms with van der Waals surface area (Å²) < 4.78 is 27.2. The van der Waals surface area contributed by atoms with Gasteiger partial charge in [-0.1, -0.05) is 37.6 Å². The second-order valence-corrected chi connectivity index (χ2v) is 4.58. The first-order chi connectivity index (χ1) is 9.27. The molecule has 4 nitrogen and oxygen atoms in total. The Morgan fingerprint density at radius 2 is 1.65 bits per heavy atom. The zero-order valence-corrected chi connectivity index (χ0v) is 11.0. The van der Waals surface area contributed by atoms with Crippen LogP contribution in [0.4, 0.5) is 8.78 Å². The molecule has 0 atom stereocenters. The maximum absolute atomic E-state index is 13.6. The quantitative estimate of drug-likeness (QED) is 0.756. The van der Waals surface area contributed by atoms with E-state index in [0.29, 0.717) is 12.0 Å². The third-order valence-electron chi connectivity index (χ3n) is 2.98. The van der Waals surface area contributed by atoms with Gasteiger partial charge in [-0.15, -0.1) is 0 Å². The molecule has 0 fully saturated rings. The van der Waals surface area contributed by atoms with E-state index in [1.807, 2.05) is 0 Å². The zero-order chi connectivity index (χ0) is 15.3. The van der Waals surface area contributed by atoms with Crippen LogP contribution in [0.1, 0.15) is 30.9 Å². The third-order valence-corrected chi connectivity index (χ3v) is 2.98. The van der Waals surface area contributed by atoms with Gasteiger partial charge in [0, 0.05) is 12.0 Å². The lowest BCUT2D eigenvalue weighted by Gasteiger charge is -2.16. The van der Waals surface area contributed by atoms with Crippen molar-refractivity contribution < 1.29 is 28.6 Å². The van der Waals surface area contributed by atoms with Crippen LogP contribution in [-0.4, -0.2) is 22.2 Å². The highest BCUT2D eigenvalue weighted by Crippen LogP contribution is 2.32. The fraction of sp³-hybridized carbons (Fsp3) is 0.429. The molecule has 0 aromatic heterocycles. The number of carboxylic acid groups (broad SMARTS) is 2. The summed E-state index contributed by atoms with van der Waals surface area (Å²) in [5.41, 5.74) is 0.251. The molecule has 1 aromatic carbocycles. The number of carboxylic acids is 2. The van der Waals surface area contributed by atoms with E-state index < -0.39 is 23.8 Å². The topological polar surface area (TPSA) is 74.6 Å². The lowest BCUT2D eigenvalue weighted by atomic mass is 9.96. The number of hydrogen-bond acceptors (Lipinski definition) is 2. The summed E-state index contributed by atoms with van der Waals surface area (Å²) in [4.78, 5) is 21.5. The molecule has 2 N–H and O–H groups in total. The number of alkyl halides is 2. The van der Waals surface area contributed by atoms with Crippen LogP contribution in [0.3, 0.4) is 0 Å². The van der Waals surface area contributed by atoms with E-state index in [4.69, 9.17) is 10.2 Å². The predicted octanol–water partition coefficient (Wildman–Crippen LogP) is 2.91. The zero-order valence-electron chi connectivity index (χ0n) is 11.0. The summed E-state index contributed by atoms with van der Waals surface area (Å²) in [6.07, 6.45) is -0.154. The smallest absolute Gasteiger partial charge is 0.318 e. The second kappa shape index (κ2) is 6.45. The third kappa shape index (κ3) is 4.01. The van der Waals surface area contributed by atoms with Gasteiger partial charge in [-0.2, -0.15) is 0 Å². The molecule has 0 amide bonds. The molecule has 0 aliphatic heterocycles. The van der Waals surface area contributed by atoms with Crippen LogP contribution in [0, 0.1) is 5.92 Å².